The van der Waals surface area contributed by atoms with Crippen LogP contribution >= 0.6 is 0 Å². The summed E-state index contributed by atoms with van der Waals surface area (Å²) in [5.74, 6) is -0.354. The van der Waals surface area contributed by atoms with Crippen LogP contribution in [0.3, 0.4) is 0 Å². The third kappa shape index (κ3) is 2.79. The molecule has 2 rings (SSSR count). The van der Waals surface area contributed by atoms with Crippen LogP contribution in [0.1, 0.15) is 43.6 Å². The van der Waals surface area contributed by atoms with Gasteiger partial charge in [0.2, 0.25) is 0 Å². The summed E-state index contributed by atoms with van der Waals surface area (Å²) in [6.07, 6.45) is 0.992. The zero-order valence-corrected chi connectivity index (χ0v) is 10.8. The van der Waals surface area contributed by atoms with E-state index in [2.05, 4.69) is 6.58 Å². The molecule has 18 heavy (non-hydrogen) atoms. The van der Waals surface area contributed by atoms with Crippen molar-refractivity contribution in [2.75, 3.05) is 6.61 Å². The number of rotatable bonds is 4. The Morgan fingerprint density at radius 3 is 2.83 bits per heavy atom. The van der Waals surface area contributed by atoms with Crippen molar-refractivity contribution in [2.45, 2.75) is 32.5 Å². The summed E-state index contributed by atoms with van der Waals surface area (Å²) in [6, 6.07) is 8.01. The fraction of sp³-hybridized carbons (Fsp3) is 0.400. The molecule has 0 saturated carbocycles. The Morgan fingerprint density at radius 1 is 1.56 bits per heavy atom. The van der Waals surface area contributed by atoms with Crippen LogP contribution < -0.4 is 0 Å². The van der Waals surface area contributed by atoms with E-state index in [4.69, 9.17) is 9.47 Å². The number of hydrogen-bond donors (Lipinski definition) is 0. The maximum absolute atomic E-state index is 11.5. The molecule has 0 bridgehead atoms. The van der Waals surface area contributed by atoms with E-state index in [1.54, 1.807) is 6.92 Å². The van der Waals surface area contributed by atoms with Gasteiger partial charge in [0.1, 0.15) is 6.10 Å². The van der Waals surface area contributed by atoms with Gasteiger partial charge < -0.3 is 9.47 Å². The molecule has 0 amide bonds. The lowest BCUT2D eigenvalue weighted by atomic mass is 9.99. The third-order valence-corrected chi connectivity index (χ3v) is 3.08. The van der Waals surface area contributed by atoms with E-state index in [0.29, 0.717) is 5.57 Å². The molecular weight excluding hydrogens is 228 g/mol. The minimum atomic E-state index is -0.354. The van der Waals surface area contributed by atoms with Crippen LogP contribution in [-0.4, -0.2) is 12.6 Å². The molecule has 1 aliphatic rings. The standard InChI is InChI=1S/C15H18O3/c1-10(2)15(16)18-11(3)12-5-4-6-13(9-12)14-7-8-17-14/h4-6,9,11,14H,1,7-8H2,2-3H3. The number of carbonyl (C=O) groups is 1. The van der Waals surface area contributed by atoms with Crippen LogP contribution in [0, 0.1) is 0 Å². The molecule has 1 aliphatic heterocycles. The van der Waals surface area contributed by atoms with Gasteiger partial charge in [-0.25, -0.2) is 4.79 Å². The number of ether oxygens (including phenoxy) is 2. The van der Waals surface area contributed by atoms with Gasteiger partial charge in [-0.2, -0.15) is 0 Å². The molecule has 1 saturated heterocycles. The van der Waals surface area contributed by atoms with Gasteiger partial charge in [0.25, 0.3) is 0 Å². The summed E-state index contributed by atoms with van der Waals surface area (Å²) in [4.78, 5) is 11.5. The lowest BCUT2D eigenvalue weighted by Crippen LogP contribution is -2.18. The summed E-state index contributed by atoms with van der Waals surface area (Å²) in [5, 5.41) is 0. The van der Waals surface area contributed by atoms with Crippen LogP contribution in [0.25, 0.3) is 0 Å². The summed E-state index contributed by atoms with van der Waals surface area (Å²) < 4.78 is 10.8. The molecule has 0 radical (unpaired) electrons. The monoisotopic (exact) mass is 246 g/mol. The molecule has 0 N–H and O–H groups in total. The Labute approximate surface area is 107 Å². The van der Waals surface area contributed by atoms with E-state index in [1.165, 1.54) is 0 Å². The van der Waals surface area contributed by atoms with Gasteiger partial charge in [-0.05, 0) is 31.0 Å². The molecule has 96 valence electrons. The predicted octanol–water partition coefficient (Wildman–Crippen LogP) is 3.33. The van der Waals surface area contributed by atoms with Crippen molar-refractivity contribution in [1.82, 2.24) is 0 Å². The lowest BCUT2D eigenvalue weighted by molar-refractivity contribution is -0.143. The van der Waals surface area contributed by atoms with Crippen LogP contribution in [0.15, 0.2) is 36.4 Å². The smallest absolute Gasteiger partial charge is 0.333 e. The van der Waals surface area contributed by atoms with E-state index < -0.39 is 0 Å². The lowest BCUT2D eigenvalue weighted by Gasteiger charge is -2.27. The van der Waals surface area contributed by atoms with Crippen molar-refractivity contribution in [2.24, 2.45) is 0 Å². The molecule has 3 heteroatoms. The van der Waals surface area contributed by atoms with Crippen LogP contribution in [0.5, 0.6) is 0 Å². The maximum Gasteiger partial charge on any atom is 0.333 e. The highest BCUT2D eigenvalue weighted by atomic mass is 16.5. The van der Waals surface area contributed by atoms with Crippen molar-refractivity contribution in [3.8, 4) is 0 Å². The molecule has 1 heterocycles. The largest absolute Gasteiger partial charge is 0.454 e. The van der Waals surface area contributed by atoms with Crippen molar-refractivity contribution >= 4 is 5.97 Å². The van der Waals surface area contributed by atoms with E-state index in [-0.39, 0.29) is 18.2 Å². The average molecular weight is 246 g/mol. The Morgan fingerprint density at radius 2 is 2.28 bits per heavy atom. The maximum atomic E-state index is 11.5. The minimum absolute atomic E-state index is 0.203. The highest BCUT2D eigenvalue weighted by Gasteiger charge is 2.21. The first kappa shape index (κ1) is 12.8. The Bertz CT molecular complexity index is 461. The van der Waals surface area contributed by atoms with Gasteiger partial charge in [0, 0.05) is 12.0 Å². The first-order chi connectivity index (χ1) is 8.58. The number of esters is 1. The van der Waals surface area contributed by atoms with Gasteiger partial charge >= 0.3 is 5.97 Å². The summed E-state index contributed by atoms with van der Waals surface area (Å²) in [5.41, 5.74) is 2.55. The second-order valence-corrected chi connectivity index (χ2v) is 4.65. The molecular formula is C15H18O3. The summed E-state index contributed by atoms with van der Waals surface area (Å²) in [6.45, 7) is 7.91. The van der Waals surface area contributed by atoms with Gasteiger partial charge in [-0.3, -0.25) is 0 Å². The van der Waals surface area contributed by atoms with E-state index in [1.807, 2.05) is 31.2 Å². The number of hydrogen-bond acceptors (Lipinski definition) is 3. The first-order valence-electron chi connectivity index (χ1n) is 6.16. The second kappa shape index (κ2) is 5.36. The Hall–Kier alpha value is -1.61. The predicted molar refractivity (Wildman–Crippen MR) is 69.1 cm³/mol. The molecule has 1 fully saturated rings. The summed E-state index contributed by atoms with van der Waals surface area (Å²) in [7, 11) is 0. The normalized spacial score (nSPS) is 19.8. The second-order valence-electron chi connectivity index (χ2n) is 4.65. The SMILES string of the molecule is C=C(C)C(=O)OC(C)c1cccc(C2CCO2)c1. The minimum Gasteiger partial charge on any atom is -0.454 e. The molecule has 0 aromatic heterocycles. The first-order valence-corrected chi connectivity index (χ1v) is 6.16. The highest BCUT2D eigenvalue weighted by molar-refractivity contribution is 5.87. The molecule has 1 aromatic rings. The zero-order valence-electron chi connectivity index (χ0n) is 10.8. The van der Waals surface area contributed by atoms with Gasteiger partial charge in [0.05, 0.1) is 12.7 Å². The fourth-order valence-electron chi connectivity index (χ4n) is 1.84. The Balaban J connectivity index is 2.07. The molecule has 2 unspecified atom stereocenters. The van der Waals surface area contributed by atoms with Crippen molar-refractivity contribution < 1.29 is 14.3 Å². The molecule has 0 spiro atoms. The van der Waals surface area contributed by atoms with Gasteiger partial charge in [0.15, 0.2) is 0 Å². The number of benzene rings is 1. The van der Waals surface area contributed by atoms with Crippen LogP contribution in [0.4, 0.5) is 0 Å². The molecule has 3 nitrogen and oxygen atoms in total. The topological polar surface area (TPSA) is 35.5 Å². The van der Waals surface area contributed by atoms with Crippen molar-refractivity contribution in [1.29, 1.82) is 0 Å². The Kier molecular flexibility index (Phi) is 3.82. The van der Waals surface area contributed by atoms with Crippen molar-refractivity contribution in [3.63, 3.8) is 0 Å². The van der Waals surface area contributed by atoms with Crippen LogP contribution in [-0.2, 0) is 14.3 Å². The molecule has 0 aliphatic carbocycles. The van der Waals surface area contributed by atoms with E-state index in [9.17, 15) is 4.79 Å². The van der Waals surface area contributed by atoms with E-state index >= 15 is 0 Å². The third-order valence-electron chi connectivity index (χ3n) is 3.08. The number of carbonyl (C=O) groups excluding carboxylic acids is 1. The van der Waals surface area contributed by atoms with Crippen LogP contribution in [0.2, 0.25) is 0 Å². The molecule has 1 aromatic carbocycles. The average Bonchev–Trinajstić information content (AvgIpc) is 2.26. The van der Waals surface area contributed by atoms with E-state index in [0.717, 1.165) is 24.2 Å². The quantitative estimate of drug-likeness (QED) is 0.604. The fourth-order valence-corrected chi connectivity index (χ4v) is 1.84. The zero-order chi connectivity index (χ0) is 13.1. The summed E-state index contributed by atoms with van der Waals surface area (Å²) >= 11 is 0. The van der Waals surface area contributed by atoms with Crippen molar-refractivity contribution in [3.05, 3.63) is 47.5 Å². The van der Waals surface area contributed by atoms with Gasteiger partial charge in [-0.15, -0.1) is 0 Å². The van der Waals surface area contributed by atoms with Gasteiger partial charge in [-0.1, -0.05) is 24.8 Å². The highest BCUT2D eigenvalue weighted by Crippen LogP contribution is 2.31. The molecule has 2 atom stereocenters.